The Morgan fingerprint density at radius 3 is 2.88 bits per heavy atom. The maximum absolute atomic E-state index is 11.8. The number of thiazole rings is 1. The Balaban J connectivity index is 2.26. The van der Waals surface area contributed by atoms with E-state index in [1.165, 1.54) is 0 Å². The summed E-state index contributed by atoms with van der Waals surface area (Å²) < 4.78 is 0. The van der Waals surface area contributed by atoms with Crippen molar-refractivity contribution in [2.75, 3.05) is 0 Å². The molecule has 1 aromatic heterocycles. The van der Waals surface area contributed by atoms with Crippen LogP contribution >= 0.6 is 11.3 Å². The first-order chi connectivity index (χ1) is 8.16. The Kier molecular flexibility index (Phi) is 3.54. The monoisotopic (exact) mass is 246 g/mol. The van der Waals surface area contributed by atoms with E-state index in [2.05, 4.69) is 10.3 Å². The van der Waals surface area contributed by atoms with E-state index in [0.717, 1.165) is 10.6 Å². The van der Waals surface area contributed by atoms with Gasteiger partial charge in [-0.25, -0.2) is 4.98 Å². The van der Waals surface area contributed by atoms with Gasteiger partial charge in [0.1, 0.15) is 5.01 Å². The van der Waals surface area contributed by atoms with E-state index in [0.29, 0.717) is 5.56 Å². The zero-order valence-electron chi connectivity index (χ0n) is 9.81. The highest BCUT2D eigenvalue weighted by atomic mass is 32.1. The molecule has 0 unspecified atom stereocenters. The summed E-state index contributed by atoms with van der Waals surface area (Å²) in [6.07, 6.45) is 1.76. The lowest BCUT2D eigenvalue weighted by molar-refractivity contribution is 0.0943. The number of hydrogen-bond donors (Lipinski definition) is 1. The van der Waals surface area contributed by atoms with Gasteiger partial charge in [0.15, 0.2) is 0 Å². The summed E-state index contributed by atoms with van der Waals surface area (Å²) in [6.45, 7) is 3.89. The zero-order chi connectivity index (χ0) is 12.3. The third kappa shape index (κ3) is 2.91. The van der Waals surface area contributed by atoms with Crippen molar-refractivity contribution in [3.8, 4) is 10.6 Å². The van der Waals surface area contributed by atoms with Gasteiger partial charge >= 0.3 is 0 Å². The number of nitrogens with one attached hydrogen (secondary N) is 1. The van der Waals surface area contributed by atoms with E-state index in [4.69, 9.17) is 0 Å². The van der Waals surface area contributed by atoms with Gasteiger partial charge in [-0.3, -0.25) is 4.79 Å². The van der Waals surface area contributed by atoms with Crippen molar-refractivity contribution in [3.05, 3.63) is 41.4 Å². The van der Waals surface area contributed by atoms with Crippen molar-refractivity contribution in [3.63, 3.8) is 0 Å². The molecule has 0 aliphatic carbocycles. The molecule has 2 rings (SSSR count). The van der Waals surface area contributed by atoms with Crippen LogP contribution in [0.5, 0.6) is 0 Å². The molecule has 0 radical (unpaired) electrons. The summed E-state index contributed by atoms with van der Waals surface area (Å²) in [4.78, 5) is 16.1. The average molecular weight is 246 g/mol. The van der Waals surface area contributed by atoms with E-state index < -0.39 is 0 Å². The number of hydrogen-bond acceptors (Lipinski definition) is 3. The number of rotatable bonds is 3. The van der Waals surface area contributed by atoms with E-state index in [1.54, 1.807) is 17.5 Å². The quantitative estimate of drug-likeness (QED) is 0.904. The molecule has 88 valence electrons. The minimum absolute atomic E-state index is 0.0431. The summed E-state index contributed by atoms with van der Waals surface area (Å²) in [6, 6.07) is 7.67. The molecule has 0 spiro atoms. The van der Waals surface area contributed by atoms with Gasteiger partial charge in [0.05, 0.1) is 0 Å². The summed E-state index contributed by atoms with van der Waals surface area (Å²) in [5, 5.41) is 5.74. The molecule has 1 amide bonds. The van der Waals surface area contributed by atoms with Crippen molar-refractivity contribution in [1.82, 2.24) is 10.3 Å². The molecule has 0 bridgehead atoms. The largest absolute Gasteiger partial charge is 0.350 e. The topological polar surface area (TPSA) is 42.0 Å². The number of benzene rings is 1. The first-order valence-corrected chi connectivity index (χ1v) is 6.35. The lowest BCUT2D eigenvalue weighted by Crippen LogP contribution is -2.30. The van der Waals surface area contributed by atoms with Gasteiger partial charge in [-0.1, -0.05) is 12.1 Å². The highest BCUT2D eigenvalue weighted by Crippen LogP contribution is 2.22. The first-order valence-electron chi connectivity index (χ1n) is 5.47. The number of nitrogens with zero attached hydrogens (tertiary/aromatic N) is 1. The van der Waals surface area contributed by atoms with Crippen LogP contribution in [-0.4, -0.2) is 16.9 Å². The lowest BCUT2D eigenvalue weighted by atomic mass is 10.1. The standard InChI is InChI=1S/C13H14N2OS/c1-9(2)15-12(16)10-4-3-5-11(8-10)13-14-6-7-17-13/h3-9H,1-2H3,(H,15,16). The second-order valence-electron chi connectivity index (χ2n) is 4.05. The molecule has 0 aliphatic rings. The van der Waals surface area contributed by atoms with Crippen LogP contribution in [0.1, 0.15) is 24.2 Å². The smallest absolute Gasteiger partial charge is 0.251 e. The third-order valence-corrected chi connectivity index (χ3v) is 3.05. The number of aromatic nitrogens is 1. The fourth-order valence-corrected chi connectivity index (χ4v) is 2.14. The Bertz CT molecular complexity index is 506. The molecule has 1 N–H and O–H groups in total. The van der Waals surface area contributed by atoms with E-state index in [-0.39, 0.29) is 11.9 Å². The minimum Gasteiger partial charge on any atom is -0.350 e. The zero-order valence-corrected chi connectivity index (χ0v) is 10.6. The molecule has 0 fully saturated rings. The normalized spacial score (nSPS) is 10.5. The lowest BCUT2D eigenvalue weighted by Gasteiger charge is -2.08. The van der Waals surface area contributed by atoms with Crippen LogP contribution in [-0.2, 0) is 0 Å². The SMILES string of the molecule is CC(C)NC(=O)c1cccc(-c2nccs2)c1. The van der Waals surface area contributed by atoms with Crippen molar-refractivity contribution < 1.29 is 4.79 Å². The van der Waals surface area contributed by atoms with Gasteiger partial charge < -0.3 is 5.32 Å². The summed E-state index contributed by atoms with van der Waals surface area (Å²) in [5.41, 5.74) is 1.66. The van der Waals surface area contributed by atoms with Crippen LogP contribution in [0.2, 0.25) is 0 Å². The fraction of sp³-hybridized carbons (Fsp3) is 0.231. The fourth-order valence-electron chi connectivity index (χ4n) is 1.50. The average Bonchev–Trinajstić information content (AvgIpc) is 2.82. The van der Waals surface area contributed by atoms with Crippen LogP contribution < -0.4 is 5.32 Å². The van der Waals surface area contributed by atoms with Crippen molar-refractivity contribution >= 4 is 17.2 Å². The molecule has 0 aliphatic heterocycles. The van der Waals surface area contributed by atoms with Crippen molar-refractivity contribution in [2.24, 2.45) is 0 Å². The van der Waals surface area contributed by atoms with Crippen LogP contribution in [0.25, 0.3) is 10.6 Å². The van der Waals surface area contributed by atoms with E-state index in [1.807, 2.05) is 43.5 Å². The molecule has 0 saturated carbocycles. The maximum Gasteiger partial charge on any atom is 0.251 e. The van der Waals surface area contributed by atoms with E-state index in [9.17, 15) is 4.79 Å². The molecular weight excluding hydrogens is 232 g/mol. The van der Waals surface area contributed by atoms with Crippen molar-refractivity contribution in [1.29, 1.82) is 0 Å². The summed E-state index contributed by atoms with van der Waals surface area (Å²) in [7, 11) is 0. The van der Waals surface area contributed by atoms with Crippen LogP contribution in [0.4, 0.5) is 0 Å². The van der Waals surface area contributed by atoms with E-state index >= 15 is 0 Å². The molecular formula is C13H14N2OS. The highest BCUT2D eigenvalue weighted by Gasteiger charge is 2.08. The summed E-state index contributed by atoms with van der Waals surface area (Å²) >= 11 is 1.57. The van der Waals surface area contributed by atoms with Crippen LogP contribution in [0.3, 0.4) is 0 Å². The van der Waals surface area contributed by atoms with Gasteiger partial charge in [0.25, 0.3) is 5.91 Å². The van der Waals surface area contributed by atoms with Gasteiger partial charge in [0, 0.05) is 28.7 Å². The Morgan fingerprint density at radius 1 is 1.41 bits per heavy atom. The first kappa shape index (κ1) is 11.8. The highest BCUT2D eigenvalue weighted by molar-refractivity contribution is 7.13. The minimum atomic E-state index is -0.0431. The Labute approximate surface area is 105 Å². The van der Waals surface area contributed by atoms with Gasteiger partial charge in [-0.05, 0) is 26.0 Å². The number of carbonyl (C=O) groups excluding carboxylic acids is 1. The van der Waals surface area contributed by atoms with Gasteiger partial charge in [-0.2, -0.15) is 0 Å². The molecule has 2 aromatic rings. The van der Waals surface area contributed by atoms with Crippen LogP contribution in [0.15, 0.2) is 35.8 Å². The summed E-state index contributed by atoms with van der Waals surface area (Å²) in [5.74, 6) is -0.0431. The number of amides is 1. The molecule has 3 nitrogen and oxygen atoms in total. The number of carbonyl (C=O) groups is 1. The molecule has 17 heavy (non-hydrogen) atoms. The maximum atomic E-state index is 11.8. The molecule has 4 heteroatoms. The second-order valence-corrected chi connectivity index (χ2v) is 4.94. The molecule has 0 atom stereocenters. The predicted octanol–water partition coefficient (Wildman–Crippen LogP) is 2.95. The van der Waals surface area contributed by atoms with Gasteiger partial charge in [0.2, 0.25) is 0 Å². The molecule has 0 saturated heterocycles. The van der Waals surface area contributed by atoms with Gasteiger partial charge in [-0.15, -0.1) is 11.3 Å². The second kappa shape index (κ2) is 5.10. The Hall–Kier alpha value is -1.68. The van der Waals surface area contributed by atoms with Crippen molar-refractivity contribution in [2.45, 2.75) is 19.9 Å². The Morgan fingerprint density at radius 2 is 2.24 bits per heavy atom. The third-order valence-electron chi connectivity index (χ3n) is 2.22. The molecule has 1 heterocycles. The predicted molar refractivity (Wildman–Crippen MR) is 70.2 cm³/mol. The molecule has 1 aromatic carbocycles. The van der Waals surface area contributed by atoms with Crippen LogP contribution in [0, 0.1) is 0 Å².